The average molecular weight is 120 g/mol. The van der Waals surface area contributed by atoms with Crippen LogP contribution in [0.25, 0.3) is 0 Å². The monoisotopic (exact) mass is 120 g/mol. The maximum Gasteiger partial charge on any atom is 0.134 e. The Kier molecular flexibility index (Phi) is 0.699. The van der Waals surface area contributed by atoms with Crippen molar-refractivity contribution >= 4 is 0 Å². The molecule has 3 rings (SSSR count). The van der Waals surface area contributed by atoms with E-state index in [1.807, 2.05) is 0 Å². The summed E-state index contributed by atoms with van der Waals surface area (Å²) in [6.45, 7) is 4.16. The van der Waals surface area contributed by atoms with E-state index in [4.69, 9.17) is 4.74 Å². The summed E-state index contributed by atoms with van der Waals surface area (Å²) in [5, 5.41) is 0. The van der Waals surface area contributed by atoms with Gasteiger partial charge in [-0.1, -0.05) is 0 Å². The van der Waals surface area contributed by atoms with Gasteiger partial charge in [0.2, 0.25) is 0 Å². The van der Waals surface area contributed by atoms with E-state index in [2.05, 4.69) is 26.0 Å². The molecule has 2 bridgehead atoms. The molecule has 0 N–H and O–H groups in total. The van der Waals surface area contributed by atoms with E-state index in [9.17, 15) is 0 Å². The molecule has 0 unspecified atom stereocenters. The molecular weight excluding hydrogens is 112 g/mol. The highest BCUT2D eigenvalue weighted by molar-refractivity contribution is 5.56. The number of hydrogen-bond acceptors (Lipinski definition) is 1. The standard InChI is InChI=1S/C8H8O/c1-5-3-7-6(2)8(4-5)9-7/h3-4H,1-2H3. The smallest absolute Gasteiger partial charge is 0.134 e. The third kappa shape index (κ3) is 0.489. The van der Waals surface area contributed by atoms with Gasteiger partial charge < -0.3 is 4.74 Å². The van der Waals surface area contributed by atoms with Crippen LogP contribution in [0.5, 0.6) is 11.5 Å². The van der Waals surface area contributed by atoms with Crippen LogP contribution in [0, 0.1) is 13.8 Å². The topological polar surface area (TPSA) is 9.23 Å². The molecule has 1 heteroatoms. The predicted octanol–water partition coefficient (Wildman–Crippen LogP) is 2.41. The summed E-state index contributed by atoms with van der Waals surface area (Å²) >= 11 is 0. The van der Waals surface area contributed by atoms with Crippen molar-refractivity contribution in [2.24, 2.45) is 0 Å². The van der Waals surface area contributed by atoms with Gasteiger partial charge in [-0.2, -0.15) is 0 Å². The molecule has 2 aliphatic heterocycles. The molecule has 0 spiro atoms. The normalized spacial score (nSPS) is 12.2. The van der Waals surface area contributed by atoms with Crippen molar-refractivity contribution < 1.29 is 4.74 Å². The number of rotatable bonds is 0. The van der Waals surface area contributed by atoms with Gasteiger partial charge in [-0.25, -0.2) is 0 Å². The Hall–Kier alpha value is -0.980. The zero-order valence-electron chi connectivity index (χ0n) is 5.56. The molecule has 46 valence electrons. The van der Waals surface area contributed by atoms with Gasteiger partial charge in [0.25, 0.3) is 0 Å². The summed E-state index contributed by atoms with van der Waals surface area (Å²) in [4.78, 5) is 0. The van der Waals surface area contributed by atoms with E-state index in [0.717, 1.165) is 11.5 Å². The van der Waals surface area contributed by atoms with Crippen LogP contribution in [-0.4, -0.2) is 0 Å². The third-order valence-electron chi connectivity index (χ3n) is 1.68. The second-order valence-electron chi connectivity index (χ2n) is 2.49. The Labute approximate surface area is 54.3 Å². The molecule has 0 radical (unpaired) electrons. The number of benzene rings is 1. The van der Waals surface area contributed by atoms with Gasteiger partial charge in [-0.05, 0) is 31.5 Å². The van der Waals surface area contributed by atoms with Crippen molar-refractivity contribution in [2.75, 3.05) is 0 Å². The van der Waals surface area contributed by atoms with Crippen LogP contribution in [0.1, 0.15) is 11.1 Å². The maximum absolute atomic E-state index is 5.22. The second kappa shape index (κ2) is 1.29. The summed E-state index contributed by atoms with van der Waals surface area (Å²) in [6, 6.07) is 4.12. The molecule has 9 heavy (non-hydrogen) atoms. The van der Waals surface area contributed by atoms with Gasteiger partial charge in [0, 0.05) is 5.56 Å². The Balaban J connectivity index is 2.69. The highest BCUT2D eigenvalue weighted by atomic mass is 16.5. The molecule has 1 nitrogen and oxygen atoms in total. The van der Waals surface area contributed by atoms with Gasteiger partial charge >= 0.3 is 0 Å². The van der Waals surface area contributed by atoms with Gasteiger partial charge in [0.05, 0.1) is 0 Å². The van der Waals surface area contributed by atoms with Crippen LogP contribution in [0.4, 0.5) is 0 Å². The Morgan fingerprint density at radius 1 is 1.11 bits per heavy atom. The first-order valence-corrected chi connectivity index (χ1v) is 3.06. The Morgan fingerprint density at radius 2 is 1.67 bits per heavy atom. The van der Waals surface area contributed by atoms with E-state index in [1.165, 1.54) is 11.1 Å². The van der Waals surface area contributed by atoms with Crippen molar-refractivity contribution in [3.05, 3.63) is 23.3 Å². The first-order chi connectivity index (χ1) is 4.27. The first kappa shape index (κ1) is 4.86. The van der Waals surface area contributed by atoms with Crippen molar-refractivity contribution in [3.8, 4) is 11.5 Å². The lowest BCUT2D eigenvalue weighted by Gasteiger charge is -2.21. The molecule has 0 saturated carbocycles. The number of aryl methyl sites for hydroxylation is 2. The van der Waals surface area contributed by atoms with Crippen molar-refractivity contribution in [1.29, 1.82) is 0 Å². The zero-order valence-corrected chi connectivity index (χ0v) is 5.56. The van der Waals surface area contributed by atoms with Crippen LogP contribution in [0.15, 0.2) is 12.1 Å². The van der Waals surface area contributed by atoms with Crippen molar-refractivity contribution in [3.63, 3.8) is 0 Å². The quantitative estimate of drug-likeness (QED) is 0.518. The zero-order chi connectivity index (χ0) is 6.43. The Morgan fingerprint density at radius 3 is 2.00 bits per heavy atom. The number of hydrogen-bond donors (Lipinski definition) is 0. The van der Waals surface area contributed by atoms with E-state index >= 15 is 0 Å². The second-order valence-corrected chi connectivity index (χ2v) is 2.49. The van der Waals surface area contributed by atoms with Crippen LogP contribution in [0.3, 0.4) is 0 Å². The van der Waals surface area contributed by atoms with E-state index in [0.29, 0.717) is 0 Å². The summed E-state index contributed by atoms with van der Waals surface area (Å²) in [6.07, 6.45) is 0. The lowest BCUT2D eigenvalue weighted by Crippen LogP contribution is -2.01. The minimum atomic E-state index is 1.05. The molecule has 0 aliphatic carbocycles. The molecule has 0 saturated heterocycles. The van der Waals surface area contributed by atoms with Gasteiger partial charge in [-0.15, -0.1) is 0 Å². The number of fused-ring (bicyclic) bond motifs is 2. The fraction of sp³-hybridized carbons (Fsp3) is 0.250. The van der Waals surface area contributed by atoms with Crippen molar-refractivity contribution in [2.45, 2.75) is 13.8 Å². The molecule has 0 aromatic heterocycles. The van der Waals surface area contributed by atoms with Gasteiger partial charge in [0.1, 0.15) is 11.5 Å². The first-order valence-electron chi connectivity index (χ1n) is 3.06. The van der Waals surface area contributed by atoms with E-state index in [-0.39, 0.29) is 0 Å². The summed E-state index contributed by atoms with van der Waals surface area (Å²) in [5.74, 6) is 2.09. The molecule has 2 heterocycles. The highest BCUT2D eigenvalue weighted by Crippen LogP contribution is 2.41. The maximum atomic E-state index is 5.22. The minimum Gasteiger partial charge on any atom is -0.457 e. The fourth-order valence-corrected chi connectivity index (χ4v) is 1.08. The highest BCUT2D eigenvalue weighted by Gasteiger charge is 2.17. The summed E-state index contributed by atoms with van der Waals surface area (Å²) in [7, 11) is 0. The van der Waals surface area contributed by atoms with Crippen LogP contribution >= 0.6 is 0 Å². The minimum absolute atomic E-state index is 1.05. The summed E-state index contributed by atoms with van der Waals surface area (Å²) in [5.41, 5.74) is 2.58. The predicted molar refractivity (Wildman–Crippen MR) is 36.0 cm³/mol. The fourth-order valence-electron chi connectivity index (χ4n) is 1.08. The van der Waals surface area contributed by atoms with E-state index in [1.54, 1.807) is 0 Å². The van der Waals surface area contributed by atoms with Gasteiger partial charge in [0.15, 0.2) is 0 Å². The molecular formula is C8H8O. The van der Waals surface area contributed by atoms with Crippen molar-refractivity contribution in [1.82, 2.24) is 0 Å². The molecule has 0 amide bonds. The van der Waals surface area contributed by atoms with Crippen LogP contribution < -0.4 is 4.74 Å². The lowest BCUT2D eigenvalue weighted by molar-refractivity contribution is 0.425. The molecule has 1 aromatic carbocycles. The number of ether oxygens (including phenoxy) is 1. The van der Waals surface area contributed by atoms with Gasteiger partial charge in [-0.3, -0.25) is 0 Å². The molecule has 1 aromatic rings. The van der Waals surface area contributed by atoms with E-state index < -0.39 is 0 Å². The lowest BCUT2D eigenvalue weighted by atomic mass is 10.1. The summed E-state index contributed by atoms with van der Waals surface area (Å²) < 4.78 is 5.22. The molecule has 0 fully saturated rings. The van der Waals surface area contributed by atoms with Crippen LogP contribution in [-0.2, 0) is 0 Å². The third-order valence-corrected chi connectivity index (χ3v) is 1.68. The van der Waals surface area contributed by atoms with Crippen LogP contribution in [0.2, 0.25) is 0 Å². The molecule has 2 aliphatic rings. The Bertz CT molecular complexity index is 240. The molecule has 0 atom stereocenters. The average Bonchev–Trinajstić information content (AvgIpc) is 1.87. The largest absolute Gasteiger partial charge is 0.457 e. The SMILES string of the molecule is Cc1cc2c(C)c(c1)O2.